The number of hydrogen-bond acceptors (Lipinski definition) is 7. The van der Waals surface area contributed by atoms with Crippen LogP contribution in [-0.4, -0.2) is 55.4 Å². The standard InChI is InChI=1S/C22H29NO6/c24-13-11-21(25)29-22(26)16-23-12-10-18-6-8-20(9-7-18)28-15-14-27-17-19-4-2-1-3-5-19/h1-9,22-24,26H,10-17H2/t22-/m1/s1. The predicted octanol–water partition coefficient (Wildman–Crippen LogP) is 1.66. The fourth-order valence-corrected chi connectivity index (χ4v) is 2.54. The summed E-state index contributed by atoms with van der Waals surface area (Å²) in [5, 5.41) is 21.2. The van der Waals surface area contributed by atoms with E-state index in [2.05, 4.69) is 5.32 Å². The zero-order chi connectivity index (χ0) is 20.7. The molecule has 0 radical (unpaired) electrons. The smallest absolute Gasteiger partial charge is 0.310 e. The van der Waals surface area contributed by atoms with E-state index in [9.17, 15) is 9.90 Å². The van der Waals surface area contributed by atoms with E-state index in [1.807, 2.05) is 54.6 Å². The van der Waals surface area contributed by atoms with E-state index < -0.39 is 12.3 Å². The highest BCUT2D eigenvalue weighted by atomic mass is 16.6. The molecule has 2 aromatic carbocycles. The first-order chi connectivity index (χ1) is 14.2. The SMILES string of the molecule is O=C(CCO)O[C@@H](O)CNCCc1ccc(OCCOCc2ccccc2)cc1. The molecule has 2 aromatic rings. The van der Waals surface area contributed by atoms with Crippen LogP contribution in [0.1, 0.15) is 17.5 Å². The zero-order valence-corrected chi connectivity index (χ0v) is 16.5. The second-order valence-corrected chi connectivity index (χ2v) is 6.40. The van der Waals surface area contributed by atoms with Gasteiger partial charge in [-0.25, -0.2) is 0 Å². The highest BCUT2D eigenvalue weighted by molar-refractivity contribution is 5.69. The Hall–Kier alpha value is -2.45. The Kier molecular flexibility index (Phi) is 10.8. The molecule has 0 spiro atoms. The van der Waals surface area contributed by atoms with Gasteiger partial charge in [0.25, 0.3) is 0 Å². The van der Waals surface area contributed by atoms with Crippen molar-refractivity contribution in [3.63, 3.8) is 0 Å². The van der Waals surface area contributed by atoms with Crippen LogP contribution >= 0.6 is 0 Å². The lowest BCUT2D eigenvalue weighted by atomic mass is 10.1. The first kappa shape index (κ1) is 22.8. The fraction of sp³-hybridized carbons (Fsp3) is 0.409. The van der Waals surface area contributed by atoms with Crippen molar-refractivity contribution >= 4 is 5.97 Å². The van der Waals surface area contributed by atoms with Gasteiger partial charge in [0.2, 0.25) is 6.29 Å². The third-order valence-corrected chi connectivity index (χ3v) is 4.02. The Morgan fingerprint density at radius 3 is 2.48 bits per heavy atom. The summed E-state index contributed by atoms with van der Waals surface area (Å²) in [6, 6.07) is 17.8. The second-order valence-electron chi connectivity index (χ2n) is 6.40. The number of aliphatic hydroxyl groups excluding tert-OH is 2. The van der Waals surface area contributed by atoms with Crippen molar-refractivity contribution in [3.05, 3.63) is 65.7 Å². The molecule has 0 heterocycles. The molecule has 0 fully saturated rings. The molecular weight excluding hydrogens is 374 g/mol. The van der Waals surface area contributed by atoms with E-state index in [0.29, 0.717) is 26.4 Å². The van der Waals surface area contributed by atoms with Gasteiger partial charge in [-0.3, -0.25) is 4.79 Å². The Balaban J connectivity index is 1.54. The van der Waals surface area contributed by atoms with Crippen LogP contribution in [0.4, 0.5) is 0 Å². The lowest BCUT2D eigenvalue weighted by Gasteiger charge is -2.13. The van der Waals surface area contributed by atoms with Gasteiger partial charge in [-0.2, -0.15) is 0 Å². The van der Waals surface area contributed by atoms with Crippen LogP contribution in [0.2, 0.25) is 0 Å². The maximum atomic E-state index is 11.1. The van der Waals surface area contributed by atoms with Crippen molar-refractivity contribution in [2.45, 2.75) is 25.7 Å². The predicted molar refractivity (Wildman–Crippen MR) is 108 cm³/mol. The number of aliphatic hydroxyl groups is 2. The average molecular weight is 403 g/mol. The topological polar surface area (TPSA) is 97.3 Å². The van der Waals surface area contributed by atoms with Crippen LogP contribution in [0.25, 0.3) is 0 Å². The van der Waals surface area contributed by atoms with Crippen molar-refractivity contribution in [3.8, 4) is 5.75 Å². The van der Waals surface area contributed by atoms with Crippen molar-refractivity contribution in [2.24, 2.45) is 0 Å². The molecule has 7 heteroatoms. The molecule has 2 rings (SSSR count). The largest absolute Gasteiger partial charge is 0.491 e. The highest BCUT2D eigenvalue weighted by Gasteiger charge is 2.09. The van der Waals surface area contributed by atoms with Gasteiger partial charge in [0, 0.05) is 0 Å². The van der Waals surface area contributed by atoms with Gasteiger partial charge in [-0.05, 0) is 36.2 Å². The molecule has 29 heavy (non-hydrogen) atoms. The first-order valence-electron chi connectivity index (χ1n) is 9.70. The Morgan fingerprint density at radius 1 is 1.00 bits per heavy atom. The number of nitrogens with one attached hydrogen (secondary N) is 1. The van der Waals surface area contributed by atoms with Gasteiger partial charge in [-0.1, -0.05) is 42.5 Å². The van der Waals surface area contributed by atoms with Crippen LogP contribution in [-0.2, 0) is 27.3 Å². The number of benzene rings is 2. The third kappa shape index (κ3) is 10.0. The Labute approximate surface area is 171 Å². The number of carbonyl (C=O) groups excluding carboxylic acids is 1. The molecule has 0 saturated carbocycles. The minimum absolute atomic E-state index is 0.120. The van der Waals surface area contributed by atoms with Gasteiger partial charge in [0.05, 0.1) is 32.8 Å². The summed E-state index contributed by atoms with van der Waals surface area (Å²) in [7, 11) is 0. The number of hydrogen-bond donors (Lipinski definition) is 3. The number of esters is 1. The maximum Gasteiger partial charge on any atom is 0.310 e. The minimum Gasteiger partial charge on any atom is -0.491 e. The summed E-state index contributed by atoms with van der Waals surface area (Å²) in [5.41, 5.74) is 2.26. The third-order valence-electron chi connectivity index (χ3n) is 4.02. The zero-order valence-electron chi connectivity index (χ0n) is 16.5. The molecule has 1 atom stereocenters. The molecule has 0 unspecified atom stereocenters. The quantitative estimate of drug-likeness (QED) is 0.251. The lowest BCUT2D eigenvalue weighted by molar-refractivity contribution is -0.167. The van der Waals surface area contributed by atoms with E-state index in [-0.39, 0.29) is 19.6 Å². The van der Waals surface area contributed by atoms with Crippen molar-refractivity contribution in [2.75, 3.05) is 32.9 Å². The van der Waals surface area contributed by atoms with Crippen LogP contribution < -0.4 is 10.1 Å². The van der Waals surface area contributed by atoms with Crippen LogP contribution in [0.3, 0.4) is 0 Å². The normalized spacial score (nSPS) is 11.8. The van der Waals surface area contributed by atoms with E-state index >= 15 is 0 Å². The molecule has 0 amide bonds. The molecule has 7 nitrogen and oxygen atoms in total. The summed E-state index contributed by atoms with van der Waals surface area (Å²) in [5.74, 6) is 0.166. The van der Waals surface area contributed by atoms with Crippen LogP contribution in [0.15, 0.2) is 54.6 Å². The highest BCUT2D eigenvalue weighted by Crippen LogP contribution is 2.12. The summed E-state index contributed by atoms with van der Waals surface area (Å²) < 4.78 is 16.0. The molecule has 0 saturated heterocycles. The van der Waals surface area contributed by atoms with Gasteiger partial charge in [0.1, 0.15) is 12.4 Å². The molecule has 0 aromatic heterocycles. The number of carbonyl (C=O) groups is 1. The van der Waals surface area contributed by atoms with E-state index in [4.69, 9.17) is 19.3 Å². The molecule has 3 N–H and O–H groups in total. The number of ether oxygens (including phenoxy) is 3. The Bertz CT molecular complexity index is 692. The van der Waals surface area contributed by atoms with Crippen molar-refractivity contribution in [1.29, 1.82) is 0 Å². The van der Waals surface area contributed by atoms with Crippen molar-refractivity contribution in [1.82, 2.24) is 5.32 Å². The molecule has 0 aliphatic heterocycles. The summed E-state index contributed by atoms with van der Waals surface area (Å²) >= 11 is 0. The van der Waals surface area contributed by atoms with Gasteiger partial charge < -0.3 is 29.7 Å². The summed E-state index contributed by atoms with van der Waals surface area (Å²) in [4.78, 5) is 11.1. The van der Waals surface area contributed by atoms with Crippen LogP contribution in [0.5, 0.6) is 5.75 Å². The minimum atomic E-state index is -1.21. The monoisotopic (exact) mass is 403 g/mol. The maximum absolute atomic E-state index is 11.1. The van der Waals surface area contributed by atoms with Gasteiger partial charge in [-0.15, -0.1) is 0 Å². The molecular formula is C22H29NO6. The number of rotatable bonds is 14. The van der Waals surface area contributed by atoms with Crippen molar-refractivity contribution < 1.29 is 29.2 Å². The first-order valence-corrected chi connectivity index (χ1v) is 9.70. The summed E-state index contributed by atoms with van der Waals surface area (Å²) in [6.45, 7) is 2.06. The molecule has 0 aliphatic carbocycles. The molecule has 0 aliphatic rings. The second kappa shape index (κ2) is 13.7. The van der Waals surface area contributed by atoms with Gasteiger partial charge >= 0.3 is 5.97 Å². The molecule has 0 bridgehead atoms. The summed E-state index contributed by atoms with van der Waals surface area (Å²) in [6.07, 6.45) is -0.573. The molecule has 158 valence electrons. The average Bonchev–Trinajstić information content (AvgIpc) is 2.73. The lowest BCUT2D eigenvalue weighted by Crippen LogP contribution is -2.32. The van der Waals surface area contributed by atoms with E-state index in [1.165, 1.54) is 0 Å². The van der Waals surface area contributed by atoms with E-state index in [0.717, 1.165) is 23.3 Å². The van der Waals surface area contributed by atoms with Gasteiger partial charge in [0.15, 0.2) is 0 Å². The fourth-order valence-electron chi connectivity index (χ4n) is 2.54. The van der Waals surface area contributed by atoms with Crippen LogP contribution in [0, 0.1) is 0 Å². The Morgan fingerprint density at radius 2 is 1.76 bits per heavy atom. The van der Waals surface area contributed by atoms with E-state index in [1.54, 1.807) is 0 Å².